The normalized spacial score (nSPS) is 15.7. The maximum absolute atomic E-state index is 12.6. The molecule has 2 aromatic rings. The molecule has 0 aliphatic carbocycles. The molecule has 0 bridgehead atoms. The van der Waals surface area contributed by atoms with Crippen LogP contribution in [-0.2, 0) is 16.0 Å². The molecule has 1 aliphatic rings. The monoisotopic (exact) mass is 425 g/mol. The Labute approximate surface area is 181 Å². The summed E-state index contributed by atoms with van der Waals surface area (Å²) in [5, 5.41) is 0. The van der Waals surface area contributed by atoms with E-state index in [4.69, 9.17) is 9.47 Å². The van der Waals surface area contributed by atoms with E-state index in [-0.39, 0.29) is 17.7 Å². The summed E-state index contributed by atoms with van der Waals surface area (Å²) in [6.07, 6.45) is 1.71. The van der Waals surface area contributed by atoms with Crippen molar-refractivity contribution in [1.29, 1.82) is 0 Å². The molecule has 1 atom stereocenters. The number of methoxy groups -OCH3 is 2. The molecule has 0 spiro atoms. The summed E-state index contributed by atoms with van der Waals surface area (Å²) in [7, 11) is 2.99. The molecule has 1 heterocycles. The number of ether oxygens (including phenoxy) is 2. The van der Waals surface area contributed by atoms with Crippen molar-refractivity contribution < 1.29 is 23.9 Å². The number of piperidine rings is 1. The third-order valence-electron chi connectivity index (χ3n) is 5.29. The van der Waals surface area contributed by atoms with E-state index in [2.05, 4.69) is 10.9 Å². The van der Waals surface area contributed by atoms with Gasteiger partial charge in [0.2, 0.25) is 11.8 Å². The molecule has 0 aromatic heterocycles. The number of nitrogens with zero attached hydrogens (tertiary/aromatic N) is 1. The first-order valence-electron chi connectivity index (χ1n) is 10.2. The molecule has 2 N–H and O–H groups in total. The van der Waals surface area contributed by atoms with E-state index in [1.54, 1.807) is 17.0 Å². The van der Waals surface area contributed by atoms with Crippen LogP contribution < -0.4 is 20.3 Å². The molecule has 31 heavy (non-hydrogen) atoms. The zero-order valence-electron chi connectivity index (χ0n) is 17.7. The van der Waals surface area contributed by atoms with Crippen molar-refractivity contribution in [3.05, 3.63) is 59.7 Å². The topological polar surface area (TPSA) is 97.0 Å². The smallest absolute Gasteiger partial charge is 0.269 e. The highest BCUT2D eigenvalue weighted by molar-refractivity contribution is 5.96. The standard InChI is InChI=1S/C23H27N3O5/c1-30-19-11-10-17(14-20(19)31-2)22(28)24-25-23(29)18-9-6-12-26(15-18)21(27)13-16-7-4-3-5-8-16/h3-5,7-8,10-11,14,18H,6,9,12-13,15H2,1-2H3,(H,24,28)(H,25,29). The van der Waals surface area contributed by atoms with E-state index in [1.807, 2.05) is 30.3 Å². The number of carbonyl (C=O) groups excluding carboxylic acids is 3. The van der Waals surface area contributed by atoms with Gasteiger partial charge in [0.1, 0.15) is 0 Å². The van der Waals surface area contributed by atoms with Gasteiger partial charge in [-0.3, -0.25) is 25.2 Å². The fraction of sp³-hybridized carbons (Fsp3) is 0.348. The second-order valence-corrected chi connectivity index (χ2v) is 7.35. The van der Waals surface area contributed by atoms with Crippen LogP contribution in [-0.4, -0.2) is 49.9 Å². The van der Waals surface area contributed by atoms with Gasteiger partial charge >= 0.3 is 0 Å². The maximum atomic E-state index is 12.6. The molecule has 1 fully saturated rings. The Bertz CT molecular complexity index is 932. The molecule has 3 rings (SSSR count). The molecule has 1 aliphatic heterocycles. The molecule has 0 saturated carbocycles. The van der Waals surface area contributed by atoms with Crippen LogP contribution in [0.3, 0.4) is 0 Å². The van der Waals surface area contributed by atoms with Crippen molar-refractivity contribution in [2.24, 2.45) is 5.92 Å². The third-order valence-corrected chi connectivity index (χ3v) is 5.29. The minimum atomic E-state index is -0.470. The summed E-state index contributed by atoms with van der Waals surface area (Å²) in [4.78, 5) is 39.3. The van der Waals surface area contributed by atoms with Crippen molar-refractivity contribution in [1.82, 2.24) is 15.8 Å². The number of hydrogen-bond acceptors (Lipinski definition) is 5. The van der Waals surface area contributed by atoms with Crippen LogP contribution in [0.15, 0.2) is 48.5 Å². The van der Waals surface area contributed by atoms with E-state index in [0.717, 1.165) is 12.0 Å². The molecule has 2 aromatic carbocycles. The first-order chi connectivity index (χ1) is 15.0. The number of carbonyl (C=O) groups is 3. The van der Waals surface area contributed by atoms with Gasteiger partial charge in [0, 0.05) is 18.7 Å². The van der Waals surface area contributed by atoms with Gasteiger partial charge in [-0.15, -0.1) is 0 Å². The second-order valence-electron chi connectivity index (χ2n) is 7.35. The summed E-state index contributed by atoms with van der Waals surface area (Å²) < 4.78 is 10.4. The molecular formula is C23H27N3O5. The van der Waals surface area contributed by atoms with Gasteiger partial charge in [0.15, 0.2) is 11.5 Å². The number of amides is 3. The van der Waals surface area contributed by atoms with Gasteiger partial charge in [-0.05, 0) is 36.6 Å². The van der Waals surface area contributed by atoms with Crippen LogP contribution in [0.4, 0.5) is 0 Å². The van der Waals surface area contributed by atoms with Crippen molar-refractivity contribution in [2.45, 2.75) is 19.3 Å². The van der Waals surface area contributed by atoms with Gasteiger partial charge in [-0.25, -0.2) is 0 Å². The van der Waals surface area contributed by atoms with Crippen molar-refractivity contribution in [3.63, 3.8) is 0 Å². The Balaban J connectivity index is 1.53. The third kappa shape index (κ3) is 5.75. The number of likely N-dealkylation sites (tertiary alicyclic amines) is 1. The van der Waals surface area contributed by atoms with E-state index < -0.39 is 5.91 Å². The summed E-state index contributed by atoms with van der Waals surface area (Å²) in [6.45, 7) is 0.969. The number of rotatable bonds is 6. The first kappa shape index (κ1) is 22.1. The Morgan fingerprint density at radius 3 is 2.45 bits per heavy atom. The summed E-state index contributed by atoms with van der Waals surface area (Å²) in [5.74, 6) is -0.239. The first-order valence-corrected chi connectivity index (χ1v) is 10.2. The van der Waals surface area contributed by atoms with Crippen molar-refractivity contribution >= 4 is 17.7 Å². The Morgan fingerprint density at radius 1 is 1.00 bits per heavy atom. The van der Waals surface area contributed by atoms with Gasteiger partial charge in [-0.1, -0.05) is 30.3 Å². The van der Waals surface area contributed by atoms with E-state index in [9.17, 15) is 14.4 Å². The van der Waals surface area contributed by atoms with Gasteiger partial charge < -0.3 is 14.4 Å². The van der Waals surface area contributed by atoms with Gasteiger partial charge in [0.05, 0.1) is 26.6 Å². The van der Waals surface area contributed by atoms with Crippen molar-refractivity contribution in [3.8, 4) is 11.5 Å². The average molecular weight is 425 g/mol. The van der Waals surface area contributed by atoms with E-state index in [0.29, 0.717) is 43.0 Å². The van der Waals surface area contributed by atoms with Crippen LogP contribution in [0.1, 0.15) is 28.8 Å². The molecule has 8 heteroatoms. The quantitative estimate of drug-likeness (QED) is 0.690. The molecule has 1 saturated heterocycles. The lowest BCUT2D eigenvalue weighted by molar-refractivity contribution is -0.135. The highest BCUT2D eigenvalue weighted by atomic mass is 16.5. The van der Waals surface area contributed by atoms with Crippen LogP contribution in [0.25, 0.3) is 0 Å². The highest BCUT2D eigenvalue weighted by Crippen LogP contribution is 2.27. The summed E-state index contributed by atoms with van der Waals surface area (Å²) >= 11 is 0. The molecule has 164 valence electrons. The minimum Gasteiger partial charge on any atom is -0.493 e. The van der Waals surface area contributed by atoms with E-state index in [1.165, 1.54) is 20.3 Å². The zero-order valence-corrected chi connectivity index (χ0v) is 17.7. The minimum absolute atomic E-state index is 0.00179. The average Bonchev–Trinajstić information content (AvgIpc) is 2.82. The summed E-state index contributed by atoms with van der Waals surface area (Å²) in [6, 6.07) is 14.3. The van der Waals surface area contributed by atoms with Crippen LogP contribution >= 0.6 is 0 Å². The lowest BCUT2D eigenvalue weighted by Crippen LogP contribution is -2.50. The molecule has 3 amide bonds. The maximum Gasteiger partial charge on any atom is 0.269 e. The largest absolute Gasteiger partial charge is 0.493 e. The Kier molecular flexibility index (Phi) is 7.48. The zero-order chi connectivity index (χ0) is 22.2. The summed E-state index contributed by atoms with van der Waals surface area (Å²) in [5.41, 5.74) is 6.17. The molecular weight excluding hydrogens is 398 g/mol. The molecule has 1 unspecified atom stereocenters. The van der Waals surface area contributed by atoms with Crippen LogP contribution in [0.5, 0.6) is 11.5 Å². The molecule has 0 radical (unpaired) electrons. The Morgan fingerprint density at radius 2 is 1.74 bits per heavy atom. The van der Waals surface area contributed by atoms with Gasteiger partial charge in [0.25, 0.3) is 5.91 Å². The van der Waals surface area contributed by atoms with Gasteiger partial charge in [-0.2, -0.15) is 0 Å². The SMILES string of the molecule is COc1ccc(C(=O)NNC(=O)C2CCCN(C(=O)Cc3ccccc3)C2)cc1OC. The lowest BCUT2D eigenvalue weighted by Gasteiger charge is -2.32. The number of hydrazine groups is 1. The second kappa shape index (κ2) is 10.5. The van der Waals surface area contributed by atoms with Crippen LogP contribution in [0, 0.1) is 5.92 Å². The highest BCUT2D eigenvalue weighted by Gasteiger charge is 2.28. The fourth-order valence-electron chi connectivity index (χ4n) is 3.57. The Hall–Kier alpha value is -3.55. The van der Waals surface area contributed by atoms with Crippen LogP contribution in [0.2, 0.25) is 0 Å². The lowest BCUT2D eigenvalue weighted by atomic mass is 9.97. The number of benzene rings is 2. The van der Waals surface area contributed by atoms with Crippen molar-refractivity contribution in [2.75, 3.05) is 27.3 Å². The fourth-order valence-corrected chi connectivity index (χ4v) is 3.57. The predicted octanol–water partition coefficient (Wildman–Crippen LogP) is 1.95. The predicted molar refractivity (Wildman–Crippen MR) is 115 cm³/mol. The van der Waals surface area contributed by atoms with E-state index >= 15 is 0 Å². The molecule has 8 nitrogen and oxygen atoms in total. The number of nitrogens with one attached hydrogen (secondary N) is 2. The number of hydrogen-bond donors (Lipinski definition) is 2.